The Kier molecular flexibility index (Phi) is 10.7. The standard InChI is InChI=1S/C32H38F6O5/c1-2-3-4-5-19-15-39-30(40-16-19)21-8-11-25(26(33)12-21)20-6-9-23(10-7-20)32(37,38)43-24-17-41-31(42-18-24)22-13-27(34)29(36)28(35)14-22/h8,11-14,19-20,23-24,30-31H,2-7,9-10,15-18H2,1H3. The molecule has 5 nitrogen and oxygen atoms in total. The summed E-state index contributed by atoms with van der Waals surface area (Å²) in [5.74, 6) is -5.75. The summed E-state index contributed by atoms with van der Waals surface area (Å²) in [7, 11) is 0. The fourth-order valence-corrected chi connectivity index (χ4v) is 6.12. The molecule has 0 bridgehead atoms. The van der Waals surface area contributed by atoms with E-state index in [1.54, 1.807) is 12.1 Å². The maximum atomic E-state index is 15.2. The number of ether oxygens (including phenoxy) is 5. The highest BCUT2D eigenvalue weighted by Gasteiger charge is 2.45. The predicted molar refractivity (Wildman–Crippen MR) is 144 cm³/mol. The van der Waals surface area contributed by atoms with Crippen LogP contribution in [0.25, 0.3) is 0 Å². The SMILES string of the molecule is CCCCCC1COC(c2ccc(C3CCC(C(F)(F)OC4COC(c5cc(F)c(F)c(F)c5)OC4)CC3)c(F)c2)OC1. The zero-order valence-electron chi connectivity index (χ0n) is 24.1. The molecule has 0 aromatic heterocycles. The molecular weight excluding hydrogens is 578 g/mol. The molecule has 11 heteroatoms. The summed E-state index contributed by atoms with van der Waals surface area (Å²) < 4.78 is 113. The number of hydrogen-bond acceptors (Lipinski definition) is 5. The maximum absolute atomic E-state index is 15.2. The van der Waals surface area contributed by atoms with Crippen LogP contribution in [0.4, 0.5) is 26.3 Å². The van der Waals surface area contributed by atoms with E-state index in [-0.39, 0.29) is 37.5 Å². The van der Waals surface area contributed by atoms with Crippen LogP contribution in [0.2, 0.25) is 0 Å². The molecule has 2 aromatic carbocycles. The molecule has 0 atom stereocenters. The third kappa shape index (κ3) is 7.92. The lowest BCUT2D eigenvalue weighted by Gasteiger charge is -2.37. The van der Waals surface area contributed by atoms with Crippen molar-refractivity contribution in [1.29, 1.82) is 0 Å². The van der Waals surface area contributed by atoms with Crippen molar-refractivity contribution in [2.24, 2.45) is 11.8 Å². The van der Waals surface area contributed by atoms with E-state index in [0.717, 1.165) is 31.4 Å². The minimum absolute atomic E-state index is 0.106. The topological polar surface area (TPSA) is 46.2 Å². The zero-order chi connectivity index (χ0) is 30.6. The third-order valence-corrected chi connectivity index (χ3v) is 8.59. The zero-order valence-corrected chi connectivity index (χ0v) is 24.1. The molecule has 0 spiro atoms. The van der Waals surface area contributed by atoms with Gasteiger partial charge in [0.25, 0.3) is 0 Å². The number of rotatable bonds is 10. The van der Waals surface area contributed by atoms with Crippen LogP contribution in [0.1, 0.15) is 93.5 Å². The number of unbranched alkanes of at least 4 members (excludes halogenated alkanes) is 2. The lowest BCUT2D eigenvalue weighted by Crippen LogP contribution is -2.43. The molecule has 238 valence electrons. The van der Waals surface area contributed by atoms with Gasteiger partial charge in [0.15, 0.2) is 30.0 Å². The second-order valence-electron chi connectivity index (χ2n) is 11.8. The van der Waals surface area contributed by atoms with Gasteiger partial charge in [0.05, 0.1) is 32.3 Å². The molecule has 2 heterocycles. The van der Waals surface area contributed by atoms with Crippen molar-refractivity contribution in [1.82, 2.24) is 0 Å². The van der Waals surface area contributed by atoms with Gasteiger partial charge >= 0.3 is 6.11 Å². The first-order chi connectivity index (χ1) is 20.6. The molecule has 0 radical (unpaired) electrons. The normalized spacial score (nSPS) is 28.6. The average molecular weight is 617 g/mol. The smallest absolute Gasteiger partial charge is 0.348 e. The van der Waals surface area contributed by atoms with Crippen LogP contribution in [0.5, 0.6) is 0 Å². The fourth-order valence-electron chi connectivity index (χ4n) is 6.12. The van der Waals surface area contributed by atoms with Crippen molar-refractivity contribution in [3.8, 4) is 0 Å². The second kappa shape index (κ2) is 14.3. The number of alkyl halides is 2. The van der Waals surface area contributed by atoms with Crippen LogP contribution >= 0.6 is 0 Å². The molecule has 0 unspecified atom stereocenters. The van der Waals surface area contributed by atoms with Gasteiger partial charge in [0.1, 0.15) is 11.9 Å². The minimum Gasteiger partial charge on any atom is -0.348 e. The molecule has 1 aliphatic carbocycles. The van der Waals surface area contributed by atoms with Crippen LogP contribution in [0.15, 0.2) is 30.3 Å². The van der Waals surface area contributed by atoms with Crippen molar-refractivity contribution in [3.63, 3.8) is 0 Å². The summed E-state index contributed by atoms with van der Waals surface area (Å²) >= 11 is 0. The Bertz CT molecular complexity index is 1180. The van der Waals surface area contributed by atoms with Gasteiger partial charge in [0.2, 0.25) is 0 Å². The molecule has 3 aliphatic rings. The molecule has 2 saturated heterocycles. The first kappa shape index (κ1) is 32.2. The van der Waals surface area contributed by atoms with Crippen molar-refractivity contribution < 1.29 is 50.0 Å². The Labute approximate surface area is 247 Å². The van der Waals surface area contributed by atoms with E-state index in [4.69, 9.17) is 23.7 Å². The Morgan fingerprint density at radius 1 is 0.744 bits per heavy atom. The second-order valence-corrected chi connectivity index (χ2v) is 11.8. The molecular formula is C32H38F6O5. The third-order valence-electron chi connectivity index (χ3n) is 8.59. The summed E-state index contributed by atoms with van der Waals surface area (Å²) in [5.41, 5.74) is 0.995. The summed E-state index contributed by atoms with van der Waals surface area (Å²) in [5, 5.41) is 0. The molecule has 0 amide bonds. The van der Waals surface area contributed by atoms with Gasteiger partial charge in [-0.3, -0.25) is 0 Å². The Balaban J connectivity index is 1.08. The van der Waals surface area contributed by atoms with Crippen molar-refractivity contribution in [2.45, 2.75) is 89.0 Å². The molecule has 2 aromatic rings. The minimum atomic E-state index is -3.48. The Hall–Kier alpha value is -2.18. The van der Waals surface area contributed by atoms with Gasteiger partial charge in [-0.05, 0) is 61.8 Å². The van der Waals surface area contributed by atoms with Gasteiger partial charge in [0, 0.05) is 17.0 Å². The highest BCUT2D eigenvalue weighted by Crippen LogP contribution is 2.44. The van der Waals surface area contributed by atoms with Gasteiger partial charge in [-0.25, -0.2) is 17.6 Å². The summed E-state index contributed by atoms with van der Waals surface area (Å²) in [6.45, 7) is 2.70. The summed E-state index contributed by atoms with van der Waals surface area (Å²) in [4.78, 5) is 0. The average Bonchev–Trinajstić information content (AvgIpc) is 3.00. The van der Waals surface area contributed by atoms with Crippen molar-refractivity contribution >= 4 is 0 Å². The highest BCUT2D eigenvalue weighted by atomic mass is 19.3. The predicted octanol–water partition coefficient (Wildman–Crippen LogP) is 8.48. The number of hydrogen-bond donors (Lipinski definition) is 0. The first-order valence-electron chi connectivity index (χ1n) is 15.1. The molecule has 3 fully saturated rings. The molecule has 5 rings (SSSR count). The quantitative estimate of drug-likeness (QED) is 0.152. The Morgan fingerprint density at radius 3 is 1.93 bits per heavy atom. The van der Waals surface area contributed by atoms with Gasteiger partial charge < -0.3 is 23.7 Å². The van der Waals surface area contributed by atoms with Crippen molar-refractivity contribution in [2.75, 3.05) is 26.4 Å². The lowest BCUT2D eigenvalue weighted by molar-refractivity contribution is -0.334. The van der Waals surface area contributed by atoms with E-state index in [1.807, 2.05) is 0 Å². The van der Waals surface area contributed by atoms with E-state index >= 15 is 13.2 Å². The number of benzene rings is 2. The monoisotopic (exact) mass is 616 g/mol. The van der Waals surface area contributed by atoms with Crippen LogP contribution < -0.4 is 0 Å². The molecule has 2 aliphatic heterocycles. The van der Waals surface area contributed by atoms with E-state index in [0.29, 0.717) is 43.1 Å². The van der Waals surface area contributed by atoms with Gasteiger partial charge in [-0.15, -0.1) is 0 Å². The van der Waals surface area contributed by atoms with Crippen LogP contribution in [0.3, 0.4) is 0 Å². The fraction of sp³-hybridized carbons (Fsp3) is 0.625. The van der Waals surface area contributed by atoms with E-state index in [2.05, 4.69) is 6.92 Å². The highest BCUT2D eigenvalue weighted by molar-refractivity contribution is 5.28. The van der Waals surface area contributed by atoms with Gasteiger partial charge in [-0.1, -0.05) is 38.3 Å². The maximum Gasteiger partial charge on any atom is 0.358 e. The molecule has 43 heavy (non-hydrogen) atoms. The van der Waals surface area contributed by atoms with Crippen LogP contribution in [-0.2, 0) is 23.7 Å². The van der Waals surface area contributed by atoms with Gasteiger partial charge in [-0.2, -0.15) is 8.78 Å². The Morgan fingerprint density at radius 2 is 1.33 bits per heavy atom. The number of halogens is 6. The largest absolute Gasteiger partial charge is 0.358 e. The first-order valence-corrected chi connectivity index (χ1v) is 15.1. The van der Waals surface area contributed by atoms with E-state index < -0.39 is 54.0 Å². The van der Waals surface area contributed by atoms with Crippen LogP contribution in [0, 0.1) is 35.1 Å². The lowest BCUT2D eigenvalue weighted by atomic mass is 9.78. The van der Waals surface area contributed by atoms with E-state index in [1.165, 1.54) is 12.5 Å². The van der Waals surface area contributed by atoms with Crippen LogP contribution in [-0.4, -0.2) is 38.6 Å². The summed E-state index contributed by atoms with van der Waals surface area (Å²) in [6, 6.07) is 6.38. The molecule has 1 saturated carbocycles. The van der Waals surface area contributed by atoms with Crippen molar-refractivity contribution in [3.05, 3.63) is 70.3 Å². The van der Waals surface area contributed by atoms with E-state index in [9.17, 15) is 13.2 Å². The molecule has 0 N–H and O–H groups in total. The summed E-state index contributed by atoms with van der Waals surface area (Å²) in [6.07, 6.45) is -0.901.